The second-order valence-corrected chi connectivity index (χ2v) is 7.96. The summed E-state index contributed by atoms with van der Waals surface area (Å²) in [4.78, 5) is 24.9. The number of nitrogens with zero attached hydrogens (tertiary/aromatic N) is 2. The molecular weight excluding hydrogens is 374 g/mol. The number of nitrogens with one attached hydrogen (secondary N) is 3. The van der Waals surface area contributed by atoms with Crippen LogP contribution in [0.2, 0.25) is 0 Å². The van der Waals surface area contributed by atoms with E-state index in [-0.39, 0.29) is 5.69 Å². The smallest absolute Gasteiger partial charge is 0.330 e. The normalized spacial score (nSPS) is 11.8. The van der Waals surface area contributed by atoms with Crippen molar-refractivity contribution in [3.05, 3.63) is 77.1 Å². The van der Waals surface area contributed by atoms with Crippen LogP contribution in [-0.4, -0.2) is 45.1 Å². The van der Waals surface area contributed by atoms with E-state index in [9.17, 15) is 4.79 Å². The van der Waals surface area contributed by atoms with Gasteiger partial charge in [0, 0.05) is 45.5 Å². The number of hydrogen-bond acceptors (Lipinski definition) is 2. The number of para-hydroxylation sites is 2. The molecular formula is C24H25N5O. The predicted octanol–water partition coefficient (Wildman–Crippen LogP) is 4.29. The summed E-state index contributed by atoms with van der Waals surface area (Å²) >= 11 is 0. The summed E-state index contributed by atoms with van der Waals surface area (Å²) < 4.78 is 1.78. The van der Waals surface area contributed by atoms with E-state index in [1.54, 1.807) is 4.57 Å². The third kappa shape index (κ3) is 3.06. The van der Waals surface area contributed by atoms with E-state index >= 15 is 0 Å². The first kappa shape index (κ1) is 18.5. The molecule has 0 saturated heterocycles. The van der Waals surface area contributed by atoms with E-state index < -0.39 is 0 Å². The Morgan fingerprint density at radius 2 is 1.63 bits per heavy atom. The Kier molecular flexibility index (Phi) is 4.56. The third-order valence-electron chi connectivity index (χ3n) is 5.66. The second-order valence-electron chi connectivity index (χ2n) is 7.96. The summed E-state index contributed by atoms with van der Waals surface area (Å²) in [6, 6.07) is 16.3. The quantitative estimate of drug-likeness (QED) is 0.399. The molecule has 0 aliphatic heterocycles. The van der Waals surface area contributed by atoms with Gasteiger partial charge in [0.05, 0.1) is 11.4 Å². The summed E-state index contributed by atoms with van der Waals surface area (Å²) in [5, 5.41) is 2.15. The van der Waals surface area contributed by atoms with Crippen LogP contribution in [0.3, 0.4) is 0 Å². The zero-order chi connectivity index (χ0) is 20.7. The summed E-state index contributed by atoms with van der Waals surface area (Å²) in [7, 11) is 4.18. The van der Waals surface area contributed by atoms with E-state index in [1.165, 1.54) is 0 Å². The van der Waals surface area contributed by atoms with Crippen molar-refractivity contribution >= 4 is 21.8 Å². The van der Waals surface area contributed by atoms with E-state index in [0.29, 0.717) is 0 Å². The maximum Gasteiger partial charge on any atom is 0.330 e. The molecule has 0 unspecified atom stereocenters. The summed E-state index contributed by atoms with van der Waals surface area (Å²) in [6.45, 7) is 1.01. The SMILES string of the molecule is CN(C)CCCc1[nH]c2ccccc2c1-c1c[nH]c(=O)n1-c1c[nH]c2ccccc12. The van der Waals surface area contributed by atoms with Crippen molar-refractivity contribution in [1.29, 1.82) is 0 Å². The van der Waals surface area contributed by atoms with Gasteiger partial charge >= 0.3 is 5.69 Å². The molecule has 0 amide bonds. The molecule has 152 valence electrons. The molecule has 0 saturated carbocycles. The summed E-state index contributed by atoms with van der Waals surface area (Å²) in [5.74, 6) is 0. The number of H-pyrrole nitrogens is 3. The molecule has 5 aromatic rings. The Labute approximate surface area is 174 Å². The van der Waals surface area contributed by atoms with Crippen LogP contribution in [0.5, 0.6) is 0 Å². The van der Waals surface area contributed by atoms with Crippen molar-refractivity contribution in [3.63, 3.8) is 0 Å². The Hall–Kier alpha value is -3.51. The lowest BCUT2D eigenvalue weighted by Gasteiger charge is -2.11. The van der Waals surface area contributed by atoms with Crippen LogP contribution < -0.4 is 5.69 Å². The molecule has 3 aromatic heterocycles. The van der Waals surface area contributed by atoms with E-state index in [4.69, 9.17) is 0 Å². The van der Waals surface area contributed by atoms with Crippen molar-refractivity contribution in [2.24, 2.45) is 0 Å². The van der Waals surface area contributed by atoms with Gasteiger partial charge in [0.25, 0.3) is 0 Å². The molecule has 0 atom stereocenters. The van der Waals surface area contributed by atoms with Crippen molar-refractivity contribution in [3.8, 4) is 16.9 Å². The van der Waals surface area contributed by atoms with Crippen molar-refractivity contribution < 1.29 is 0 Å². The number of aryl methyl sites for hydroxylation is 1. The van der Waals surface area contributed by atoms with Crippen LogP contribution in [0.25, 0.3) is 38.8 Å². The highest BCUT2D eigenvalue weighted by molar-refractivity contribution is 5.98. The fourth-order valence-electron chi connectivity index (χ4n) is 4.28. The first-order chi connectivity index (χ1) is 14.6. The lowest BCUT2D eigenvalue weighted by molar-refractivity contribution is 0.400. The molecule has 0 spiro atoms. The molecule has 6 nitrogen and oxygen atoms in total. The van der Waals surface area contributed by atoms with Gasteiger partial charge in [-0.25, -0.2) is 4.79 Å². The van der Waals surface area contributed by atoms with Crippen LogP contribution in [0.15, 0.2) is 65.7 Å². The lowest BCUT2D eigenvalue weighted by atomic mass is 10.0. The summed E-state index contributed by atoms with van der Waals surface area (Å²) in [5.41, 5.74) is 5.94. The molecule has 0 aliphatic carbocycles. The lowest BCUT2D eigenvalue weighted by Crippen LogP contribution is -2.16. The maximum atomic E-state index is 12.9. The number of hydrogen-bond donors (Lipinski definition) is 3. The average molecular weight is 399 g/mol. The van der Waals surface area contributed by atoms with Gasteiger partial charge in [-0.05, 0) is 45.6 Å². The molecule has 0 aliphatic rings. The Bertz CT molecular complexity index is 1380. The third-order valence-corrected chi connectivity index (χ3v) is 5.66. The minimum absolute atomic E-state index is 0.140. The highest BCUT2D eigenvalue weighted by atomic mass is 16.1. The van der Waals surface area contributed by atoms with Crippen molar-refractivity contribution in [2.75, 3.05) is 20.6 Å². The molecule has 0 radical (unpaired) electrons. The van der Waals surface area contributed by atoms with Gasteiger partial charge in [-0.2, -0.15) is 0 Å². The average Bonchev–Trinajstić information content (AvgIpc) is 3.42. The fourth-order valence-corrected chi connectivity index (χ4v) is 4.28. The Morgan fingerprint density at radius 3 is 2.43 bits per heavy atom. The predicted molar refractivity (Wildman–Crippen MR) is 122 cm³/mol. The summed E-state index contributed by atoms with van der Waals surface area (Å²) in [6.07, 6.45) is 5.68. The second kappa shape index (κ2) is 7.39. The molecule has 6 heteroatoms. The van der Waals surface area contributed by atoms with Crippen LogP contribution in [-0.2, 0) is 6.42 Å². The number of imidazole rings is 1. The maximum absolute atomic E-state index is 12.9. The number of benzene rings is 2. The molecule has 0 fully saturated rings. The number of aromatic amines is 3. The molecule has 3 N–H and O–H groups in total. The standard InChI is InChI=1S/C24H25N5O/c1-28(2)13-7-12-20-23(17-9-4-6-11-19(17)27-20)22-15-26-24(30)29(22)21-14-25-18-10-5-3-8-16(18)21/h3-6,8-11,14-15,25,27H,7,12-13H2,1-2H3,(H,26,30). The topological polar surface area (TPSA) is 72.6 Å². The first-order valence-corrected chi connectivity index (χ1v) is 10.2. The minimum Gasteiger partial charge on any atom is -0.359 e. The van der Waals surface area contributed by atoms with Crippen LogP contribution in [0.4, 0.5) is 0 Å². The number of rotatable bonds is 6. The van der Waals surface area contributed by atoms with Gasteiger partial charge < -0.3 is 19.9 Å². The molecule has 0 bridgehead atoms. The first-order valence-electron chi connectivity index (χ1n) is 10.2. The zero-order valence-electron chi connectivity index (χ0n) is 17.2. The molecule has 5 rings (SSSR count). The molecule has 3 heterocycles. The Morgan fingerprint density at radius 1 is 0.900 bits per heavy atom. The van der Waals surface area contributed by atoms with Crippen molar-refractivity contribution in [2.45, 2.75) is 12.8 Å². The Balaban J connectivity index is 1.71. The zero-order valence-corrected chi connectivity index (χ0v) is 17.2. The molecule has 30 heavy (non-hydrogen) atoms. The van der Waals surface area contributed by atoms with E-state index in [2.05, 4.69) is 46.1 Å². The van der Waals surface area contributed by atoms with E-state index in [1.807, 2.05) is 48.8 Å². The van der Waals surface area contributed by atoms with Gasteiger partial charge in [-0.3, -0.25) is 4.57 Å². The van der Waals surface area contributed by atoms with Crippen LogP contribution in [0.1, 0.15) is 12.1 Å². The van der Waals surface area contributed by atoms with Gasteiger partial charge in [0.1, 0.15) is 0 Å². The van der Waals surface area contributed by atoms with Crippen molar-refractivity contribution in [1.82, 2.24) is 24.4 Å². The van der Waals surface area contributed by atoms with Gasteiger partial charge in [0.2, 0.25) is 0 Å². The fraction of sp³-hybridized carbons (Fsp3) is 0.208. The largest absolute Gasteiger partial charge is 0.359 e. The number of fused-ring (bicyclic) bond motifs is 2. The van der Waals surface area contributed by atoms with Gasteiger partial charge in [-0.1, -0.05) is 36.4 Å². The van der Waals surface area contributed by atoms with Crippen LogP contribution in [0, 0.1) is 0 Å². The van der Waals surface area contributed by atoms with Crippen LogP contribution >= 0.6 is 0 Å². The number of aromatic nitrogens is 4. The van der Waals surface area contributed by atoms with Gasteiger partial charge in [0.15, 0.2) is 0 Å². The van der Waals surface area contributed by atoms with E-state index in [0.717, 1.165) is 63.8 Å². The van der Waals surface area contributed by atoms with Gasteiger partial charge in [-0.15, -0.1) is 0 Å². The molecule has 2 aromatic carbocycles. The minimum atomic E-state index is -0.140. The highest BCUT2D eigenvalue weighted by Crippen LogP contribution is 2.34. The highest BCUT2D eigenvalue weighted by Gasteiger charge is 2.20. The monoisotopic (exact) mass is 399 g/mol.